The largest absolute Gasteiger partial charge is 0.466 e. The average molecular weight is 403 g/mol. The molecule has 0 saturated heterocycles. The first-order valence-electron chi connectivity index (χ1n) is 10.4. The standard InChI is InChI=1S/C21H38O7/c1-5-7-9-12-18(23)26-14-11-8-10-13-19(24)27-15-17(22)16-28-20(25)21(3,4)6-2/h17,22H,5-16H2,1-4H3. The Balaban J connectivity index is 3.66. The molecule has 0 rings (SSSR count). The molecule has 0 bridgehead atoms. The van der Waals surface area contributed by atoms with Crippen molar-refractivity contribution < 1.29 is 33.7 Å². The van der Waals surface area contributed by atoms with Crippen LogP contribution in [-0.4, -0.2) is 48.9 Å². The van der Waals surface area contributed by atoms with E-state index in [2.05, 4.69) is 6.92 Å². The number of hydrogen-bond donors (Lipinski definition) is 1. The zero-order valence-corrected chi connectivity index (χ0v) is 18.0. The van der Waals surface area contributed by atoms with Gasteiger partial charge in [-0.25, -0.2) is 0 Å². The van der Waals surface area contributed by atoms with Crippen molar-refractivity contribution in [2.24, 2.45) is 5.41 Å². The van der Waals surface area contributed by atoms with Crippen LogP contribution in [0.5, 0.6) is 0 Å². The van der Waals surface area contributed by atoms with Crippen molar-refractivity contribution in [3.8, 4) is 0 Å². The molecule has 1 atom stereocenters. The van der Waals surface area contributed by atoms with Crippen LogP contribution in [0.1, 0.15) is 85.5 Å². The van der Waals surface area contributed by atoms with Crippen molar-refractivity contribution in [2.75, 3.05) is 19.8 Å². The van der Waals surface area contributed by atoms with E-state index in [0.717, 1.165) is 25.7 Å². The summed E-state index contributed by atoms with van der Waals surface area (Å²) >= 11 is 0. The maximum atomic E-state index is 11.8. The molecule has 0 aliphatic carbocycles. The van der Waals surface area contributed by atoms with E-state index in [9.17, 15) is 19.5 Å². The van der Waals surface area contributed by atoms with Gasteiger partial charge >= 0.3 is 17.9 Å². The summed E-state index contributed by atoms with van der Waals surface area (Å²) in [5, 5.41) is 9.75. The lowest BCUT2D eigenvalue weighted by atomic mass is 9.91. The molecule has 0 spiro atoms. The fraction of sp³-hybridized carbons (Fsp3) is 0.857. The van der Waals surface area contributed by atoms with Gasteiger partial charge in [0.2, 0.25) is 0 Å². The molecule has 7 heteroatoms. The van der Waals surface area contributed by atoms with E-state index in [4.69, 9.17) is 14.2 Å². The van der Waals surface area contributed by atoms with Gasteiger partial charge in [-0.3, -0.25) is 14.4 Å². The number of ether oxygens (including phenoxy) is 3. The van der Waals surface area contributed by atoms with E-state index >= 15 is 0 Å². The van der Waals surface area contributed by atoms with Gasteiger partial charge in [0.15, 0.2) is 0 Å². The van der Waals surface area contributed by atoms with Gasteiger partial charge in [0.1, 0.15) is 19.3 Å². The highest BCUT2D eigenvalue weighted by molar-refractivity contribution is 5.75. The van der Waals surface area contributed by atoms with Gasteiger partial charge < -0.3 is 19.3 Å². The predicted molar refractivity (Wildman–Crippen MR) is 106 cm³/mol. The number of carbonyl (C=O) groups is 3. The molecule has 0 radical (unpaired) electrons. The maximum Gasteiger partial charge on any atom is 0.311 e. The highest BCUT2D eigenvalue weighted by Crippen LogP contribution is 2.21. The second-order valence-corrected chi connectivity index (χ2v) is 7.66. The third-order valence-corrected chi connectivity index (χ3v) is 4.55. The summed E-state index contributed by atoms with van der Waals surface area (Å²) in [5.41, 5.74) is -0.597. The summed E-state index contributed by atoms with van der Waals surface area (Å²) in [4.78, 5) is 34.9. The second kappa shape index (κ2) is 15.3. The zero-order chi connectivity index (χ0) is 21.4. The minimum absolute atomic E-state index is 0.162. The first kappa shape index (κ1) is 26.4. The molecule has 1 unspecified atom stereocenters. The lowest BCUT2D eigenvalue weighted by Gasteiger charge is -2.21. The topological polar surface area (TPSA) is 99.1 Å². The van der Waals surface area contributed by atoms with Crippen LogP contribution in [0.4, 0.5) is 0 Å². The summed E-state index contributed by atoms with van der Waals surface area (Å²) in [5.74, 6) is -0.952. The summed E-state index contributed by atoms with van der Waals surface area (Å²) in [6.45, 7) is 7.49. The minimum atomic E-state index is -1.03. The van der Waals surface area contributed by atoms with Crippen LogP contribution in [0.3, 0.4) is 0 Å². The van der Waals surface area contributed by atoms with Crippen LogP contribution in [0.25, 0.3) is 0 Å². The summed E-state index contributed by atoms with van der Waals surface area (Å²) in [6.07, 6.45) is 5.36. The van der Waals surface area contributed by atoms with Crippen LogP contribution in [0.15, 0.2) is 0 Å². The molecule has 0 aromatic rings. The van der Waals surface area contributed by atoms with E-state index in [1.807, 2.05) is 6.92 Å². The summed E-state index contributed by atoms with van der Waals surface area (Å²) in [7, 11) is 0. The van der Waals surface area contributed by atoms with Gasteiger partial charge in [0.25, 0.3) is 0 Å². The number of carbonyl (C=O) groups excluding carboxylic acids is 3. The SMILES string of the molecule is CCCCCC(=O)OCCCCCC(=O)OCC(O)COC(=O)C(C)(C)CC. The number of rotatable bonds is 16. The van der Waals surface area contributed by atoms with Crippen molar-refractivity contribution in [3.63, 3.8) is 0 Å². The number of esters is 3. The first-order chi connectivity index (χ1) is 13.2. The monoisotopic (exact) mass is 402 g/mol. The Morgan fingerprint density at radius 2 is 1.39 bits per heavy atom. The number of unbranched alkanes of at least 4 members (excludes halogenated alkanes) is 4. The van der Waals surface area contributed by atoms with Gasteiger partial charge in [0, 0.05) is 12.8 Å². The molecule has 0 amide bonds. The van der Waals surface area contributed by atoms with Gasteiger partial charge in [-0.15, -0.1) is 0 Å². The molecule has 28 heavy (non-hydrogen) atoms. The first-order valence-corrected chi connectivity index (χ1v) is 10.4. The van der Waals surface area contributed by atoms with Crippen LogP contribution >= 0.6 is 0 Å². The van der Waals surface area contributed by atoms with Gasteiger partial charge in [-0.1, -0.05) is 26.7 Å². The van der Waals surface area contributed by atoms with E-state index in [-0.39, 0.29) is 31.6 Å². The molecule has 0 heterocycles. The fourth-order valence-electron chi connectivity index (χ4n) is 2.15. The molecule has 0 aromatic heterocycles. The van der Waals surface area contributed by atoms with E-state index in [1.54, 1.807) is 13.8 Å². The molecule has 0 saturated carbocycles. The van der Waals surface area contributed by atoms with Crippen LogP contribution in [0, 0.1) is 5.41 Å². The lowest BCUT2D eigenvalue weighted by Crippen LogP contribution is -2.31. The normalized spacial score (nSPS) is 12.3. The minimum Gasteiger partial charge on any atom is -0.466 e. The van der Waals surface area contributed by atoms with Crippen molar-refractivity contribution in [1.82, 2.24) is 0 Å². The highest BCUT2D eigenvalue weighted by atomic mass is 16.6. The highest BCUT2D eigenvalue weighted by Gasteiger charge is 2.27. The summed E-state index contributed by atoms with van der Waals surface area (Å²) in [6, 6.07) is 0. The molecular weight excluding hydrogens is 364 g/mol. The Kier molecular flexibility index (Phi) is 14.4. The zero-order valence-electron chi connectivity index (χ0n) is 18.0. The Bertz CT molecular complexity index is 460. The lowest BCUT2D eigenvalue weighted by molar-refractivity contribution is -0.160. The van der Waals surface area contributed by atoms with Crippen LogP contribution in [-0.2, 0) is 28.6 Å². The molecule has 164 valence electrons. The van der Waals surface area contributed by atoms with E-state index in [1.165, 1.54) is 0 Å². The molecule has 0 aliphatic rings. The number of hydrogen-bond acceptors (Lipinski definition) is 7. The maximum absolute atomic E-state index is 11.8. The molecule has 0 aliphatic heterocycles. The number of aliphatic hydroxyl groups is 1. The van der Waals surface area contributed by atoms with Gasteiger partial charge in [-0.05, 0) is 46.0 Å². The Morgan fingerprint density at radius 3 is 2.00 bits per heavy atom. The van der Waals surface area contributed by atoms with Crippen molar-refractivity contribution in [1.29, 1.82) is 0 Å². The smallest absolute Gasteiger partial charge is 0.311 e. The molecule has 1 N–H and O–H groups in total. The summed E-state index contributed by atoms with van der Waals surface area (Å²) < 4.78 is 15.2. The molecule has 7 nitrogen and oxygen atoms in total. The fourth-order valence-corrected chi connectivity index (χ4v) is 2.15. The predicted octanol–water partition coefficient (Wildman–Crippen LogP) is 3.55. The van der Waals surface area contributed by atoms with Crippen LogP contribution < -0.4 is 0 Å². The molecular formula is C21H38O7. The third kappa shape index (κ3) is 13.5. The Hall–Kier alpha value is -1.63. The van der Waals surface area contributed by atoms with Crippen molar-refractivity contribution in [2.45, 2.75) is 91.6 Å². The quantitative estimate of drug-likeness (QED) is 0.239. The molecule has 0 aromatic carbocycles. The Labute approximate surface area is 169 Å². The Morgan fingerprint density at radius 1 is 0.821 bits per heavy atom. The second-order valence-electron chi connectivity index (χ2n) is 7.66. The molecule has 0 fully saturated rings. The number of aliphatic hydroxyl groups excluding tert-OH is 1. The van der Waals surface area contributed by atoms with E-state index < -0.39 is 17.5 Å². The van der Waals surface area contributed by atoms with Gasteiger partial charge in [-0.2, -0.15) is 0 Å². The van der Waals surface area contributed by atoms with Crippen molar-refractivity contribution in [3.05, 3.63) is 0 Å². The van der Waals surface area contributed by atoms with E-state index in [0.29, 0.717) is 32.3 Å². The third-order valence-electron chi connectivity index (χ3n) is 4.55. The average Bonchev–Trinajstić information content (AvgIpc) is 2.67. The van der Waals surface area contributed by atoms with Crippen molar-refractivity contribution >= 4 is 17.9 Å². The van der Waals surface area contributed by atoms with Gasteiger partial charge in [0.05, 0.1) is 12.0 Å². The van der Waals surface area contributed by atoms with Crippen LogP contribution in [0.2, 0.25) is 0 Å².